The van der Waals surface area contributed by atoms with Crippen molar-refractivity contribution < 1.29 is 19.8 Å². The normalized spacial score (nSPS) is 12.0. The maximum atomic E-state index is 11.5. The number of hydrogen-bond acceptors (Lipinski definition) is 4. The molecule has 1 aromatic carbocycles. The molecule has 0 aromatic heterocycles. The summed E-state index contributed by atoms with van der Waals surface area (Å²) in [4.78, 5) is 21.2. The first kappa shape index (κ1) is 15.6. The standard InChI is InChI=1S/C11H12Cl2N2O4/c12-9(13)10(17)14-15(8(6-16)11(18)19)7-4-2-1-3-5-7/h1-5,8-9,16H,6H2,(H,14,17)(H,18,19). The Bertz CT molecular complexity index is 442. The summed E-state index contributed by atoms with van der Waals surface area (Å²) >= 11 is 10.8. The van der Waals surface area contributed by atoms with Gasteiger partial charge in [-0.25, -0.2) is 4.79 Å². The van der Waals surface area contributed by atoms with Crippen LogP contribution in [-0.4, -0.2) is 39.6 Å². The van der Waals surface area contributed by atoms with Crippen molar-refractivity contribution in [1.82, 2.24) is 5.43 Å². The zero-order valence-electron chi connectivity index (χ0n) is 9.66. The fourth-order valence-electron chi connectivity index (χ4n) is 1.35. The van der Waals surface area contributed by atoms with E-state index in [2.05, 4.69) is 5.43 Å². The number of aliphatic carboxylic acids is 1. The highest BCUT2D eigenvalue weighted by Crippen LogP contribution is 2.15. The number of aliphatic hydroxyl groups excluding tert-OH is 1. The number of carbonyl (C=O) groups is 2. The van der Waals surface area contributed by atoms with Crippen LogP contribution in [0.3, 0.4) is 0 Å². The third-order valence-electron chi connectivity index (χ3n) is 2.23. The van der Waals surface area contributed by atoms with E-state index in [0.717, 1.165) is 5.01 Å². The highest BCUT2D eigenvalue weighted by Gasteiger charge is 2.28. The lowest BCUT2D eigenvalue weighted by Gasteiger charge is -2.30. The number of hydrogen-bond donors (Lipinski definition) is 3. The van der Waals surface area contributed by atoms with Crippen molar-refractivity contribution in [1.29, 1.82) is 0 Å². The molecule has 3 N–H and O–H groups in total. The molecule has 0 bridgehead atoms. The molecule has 0 saturated heterocycles. The van der Waals surface area contributed by atoms with Gasteiger partial charge in [0.25, 0.3) is 5.91 Å². The fourth-order valence-corrected chi connectivity index (χ4v) is 1.45. The number of aliphatic hydroxyl groups is 1. The highest BCUT2D eigenvalue weighted by atomic mass is 35.5. The van der Waals surface area contributed by atoms with Crippen molar-refractivity contribution >= 4 is 40.8 Å². The minimum absolute atomic E-state index is 0.381. The minimum Gasteiger partial charge on any atom is -0.480 e. The molecule has 0 heterocycles. The number of carbonyl (C=O) groups excluding carboxylic acids is 1. The van der Waals surface area contributed by atoms with Crippen molar-refractivity contribution in [3.63, 3.8) is 0 Å². The molecule has 0 aliphatic carbocycles. The van der Waals surface area contributed by atoms with E-state index in [-0.39, 0.29) is 0 Å². The summed E-state index contributed by atoms with van der Waals surface area (Å²) in [7, 11) is 0. The molecule has 1 rings (SSSR count). The van der Waals surface area contributed by atoms with Gasteiger partial charge in [-0.2, -0.15) is 0 Å². The molecule has 0 aliphatic rings. The summed E-state index contributed by atoms with van der Waals surface area (Å²) in [6.45, 7) is -0.695. The minimum atomic E-state index is -1.35. The number of benzene rings is 1. The molecule has 0 spiro atoms. The highest BCUT2D eigenvalue weighted by molar-refractivity contribution is 6.53. The molecule has 0 aliphatic heterocycles. The molecular weight excluding hydrogens is 295 g/mol. The number of anilines is 1. The van der Waals surface area contributed by atoms with Crippen LogP contribution in [0.1, 0.15) is 0 Å². The van der Waals surface area contributed by atoms with Gasteiger partial charge < -0.3 is 10.2 Å². The molecule has 1 atom stereocenters. The van der Waals surface area contributed by atoms with Crippen LogP contribution in [0.4, 0.5) is 5.69 Å². The Hall–Kier alpha value is -1.50. The second kappa shape index (κ2) is 7.18. The average molecular weight is 307 g/mol. The largest absolute Gasteiger partial charge is 0.480 e. The molecule has 6 nitrogen and oxygen atoms in total. The van der Waals surface area contributed by atoms with Crippen molar-refractivity contribution in [3.05, 3.63) is 30.3 Å². The van der Waals surface area contributed by atoms with Gasteiger partial charge in [-0.1, -0.05) is 41.4 Å². The van der Waals surface area contributed by atoms with E-state index in [9.17, 15) is 9.59 Å². The number of hydrazine groups is 1. The molecule has 19 heavy (non-hydrogen) atoms. The van der Waals surface area contributed by atoms with Gasteiger partial charge in [-0.05, 0) is 12.1 Å². The molecule has 8 heteroatoms. The molecular formula is C11H12Cl2N2O4. The number of nitrogens with one attached hydrogen (secondary N) is 1. The van der Waals surface area contributed by atoms with Gasteiger partial charge in [0, 0.05) is 0 Å². The lowest BCUT2D eigenvalue weighted by Crippen LogP contribution is -2.55. The molecule has 0 radical (unpaired) electrons. The van der Waals surface area contributed by atoms with Gasteiger partial charge in [-0.3, -0.25) is 15.2 Å². The Labute approximate surface area is 119 Å². The van der Waals surface area contributed by atoms with E-state index >= 15 is 0 Å². The van der Waals surface area contributed by atoms with Crippen LogP contribution in [0.15, 0.2) is 30.3 Å². The molecule has 0 saturated carbocycles. The summed E-state index contributed by atoms with van der Waals surface area (Å²) in [5.74, 6) is -2.08. The summed E-state index contributed by atoms with van der Waals surface area (Å²) < 4.78 is 0. The van der Waals surface area contributed by atoms with Gasteiger partial charge in [0.2, 0.25) is 0 Å². The number of nitrogens with zero attached hydrogens (tertiary/aromatic N) is 1. The molecule has 1 amide bonds. The average Bonchev–Trinajstić information content (AvgIpc) is 2.38. The van der Waals surface area contributed by atoms with E-state index in [1.807, 2.05) is 0 Å². The smallest absolute Gasteiger partial charge is 0.330 e. The van der Waals surface area contributed by atoms with Gasteiger partial charge in [0.1, 0.15) is 0 Å². The first-order valence-electron chi connectivity index (χ1n) is 5.24. The van der Waals surface area contributed by atoms with Crippen LogP contribution < -0.4 is 10.4 Å². The third kappa shape index (κ3) is 4.27. The SMILES string of the molecule is O=C(NN(c1ccccc1)C(CO)C(=O)O)C(Cl)Cl. The number of carboxylic acid groups (broad SMARTS) is 1. The number of carboxylic acids is 1. The number of halogens is 2. The predicted octanol–water partition coefficient (Wildman–Crippen LogP) is 0.773. The second-order valence-electron chi connectivity index (χ2n) is 3.52. The quantitative estimate of drug-likeness (QED) is 0.533. The van der Waals surface area contributed by atoms with Crippen LogP contribution >= 0.6 is 23.2 Å². The van der Waals surface area contributed by atoms with Gasteiger partial charge in [0.15, 0.2) is 10.9 Å². The summed E-state index contributed by atoms with van der Waals surface area (Å²) in [5.41, 5.74) is 2.64. The summed E-state index contributed by atoms with van der Waals surface area (Å²) in [6.07, 6.45) is 0. The van der Waals surface area contributed by atoms with Crippen molar-refractivity contribution in [2.75, 3.05) is 11.6 Å². The van der Waals surface area contributed by atoms with E-state index in [0.29, 0.717) is 5.69 Å². The Morgan fingerprint density at radius 3 is 2.26 bits per heavy atom. The van der Waals surface area contributed by atoms with Crippen molar-refractivity contribution in [2.24, 2.45) is 0 Å². The van der Waals surface area contributed by atoms with Crippen LogP contribution in [0.25, 0.3) is 0 Å². The zero-order valence-corrected chi connectivity index (χ0v) is 11.2. The zero-order chi connectivity index (χ0) is 14.4. The molecule has 1 aromatic rings. The lowest BCUT2D eigenvalue weighted by molar-refractivity contribution is -0.139. The fraction of sp³-hybridized carbons (Fsp3) is 0.273. The Morgan fingerprint density at radius 2 is 1.84 bits per heavy atom. The van der Waals surface area contributed by atoms with E-state index in [4.69, 9.17) is 33.4 Å². The second-order valence-corrected chi connectivity index (χ2v) is 4.62. The monoisotopic (exact) mass is 306 g/mol. The maximum absolute atomic E-state index is 11.5. The number of rotatable bonds is 6. The third-order valence-corrected chi connectivity index (χ3v) is 2.63. The van der Waals surface area contributed by atoms with Crippen LogP contribution in [0.5, 0.6) is 0 Å². The van der Waals surface area contributed by atoms with Crippen LogP contribution in [-0.2, 0) is 9.59 Å². The summed E-state index contributed by atoms with van der Waals surface area (Å²) in [6, 6.07) is 6.84. The van der Waals surface area contributed by atoms with Gasteiger partial charge in [0.05, 0.1) is 12.3 Å². The van der Waals surface area contributed by atoms with Crippen LogP contribution in [0, 0.1) is 0 Å². The van der Waals surface area contributed by atoms with Gasteiger partial charge in [-0.15, -0.1) is 0 Å². The topological polar surface area (TPSA) is 89.9 Å². The van der Waals surface area contributed by atoms with Gasteiger partial charge >= 0.3 is 5.97 Å². The number of amides is 1. The predicted molar refractivity (Wildman–Crippen MR) is 71.1 cm³/mol. The maximum Gasteiger partial charge on any atom is 0.330 e. The van der Waals surface area contributed by atoms with Crippen molar-refractivity contribution in [3.8, 4) is 0 Å². The van der Waals surface area contributed by atoms with E-state index in [1.165, 1.54) is 0 Å². The lowest BCUT2D eigenvalue weighted by atomic mass is 10.2. The van der Waals surface area contributed by atoms with E-state index < -0.39 is 29.4 Å². The van der Waals surface area contributed by atoms with E-state index in [1.54, 1.807) is 30.3 Å². The Balaban J connectivity index is 3.04. The molecule has 104 valence electrons. The molecule has 1 unspecified atom stereocenters. The number of alkyl halides is 2. The first-order chi connectivity index (χ1) is 8.97. The Kier molecular flexibility index (Phi) is 5.88. The van der Waals surface area contributed by atoms with Crippen molar-refractivity contribution in [2.45, 2.75) is 10.9 Å². The first-order valence-corrected chi connectivity index (χ1v) is 6.11. The Morgan fingerprint density at radius 1 is 1.26 bits per heavy atom. The number of para-hydroxylation sites is 1. The van der Waals surface area contributed by atoms with Crippen LogP contribution in [0.2, 0.25) is 0 Å². The molecule has 0 fully saturated rings. The summed E-state index contributed by atoms with van der Waals surface area (Å²) in [5, 5.41) is 19.2.